The maximum atomic E-state index is 12.2. The van der Waals surface area contributed by atoms with Crippen molar-refractivity contribution in [1.29, 1.82) is 0 Å². The van der Waals surface area contributed by atoms with Gasteiger partial charge in [-0.3, -0.25) is 9.78 Å². The molecule has 0 saturated heterocycles. The molecule has 0 unspecified atom stereocenters. The summed E-state index contributed by atoms with van der Waals surface area (Å²) in [5, 5.41) is 3.03. The maximum absolute atomic E-state index is 12.2. The van der Waals surface area contributed by atoms with Crippen molar-refractivity contribution in [1.82, 2.24) is 10.3 Å². The zero-order valence-corrected chi connectivity index (χ0v) is 11.9. The summed E-state index contributed by atoms with van der Waals surface area (Å²) in [6, 6.07) is 3.95. The normalized spacial score (nSPS) is 16.7. The van der Waals surface area contributed by atoms with Crippen molar-refractivity contribution in [2.24, 2.45) is 11.1 Å². The number of pyridine rings is 1. The van der Waals surface area contributed by atoms with Crippen LogP contribution in [0.5, 0.6) is 0 Å². The van der Waals surface area contributed by atoms with Crippen LogP contribution in [0, 0.1) is 5.41 Å². The zero-order valence-electron chi connectivity index (χ0n) is 11.1. The molecule has 19 heavy (non-hydrogen) atoms. The van der Waals surface area contributed by atoms with Gasteiger partial charge in [0.1, 0.15) is 0 Å². The molecule has 1 heterocycles. The quantitative estimate of drug-likeness (QED) is 0.864. The van der Waals surface area contributed by atoms with Gasteiger partial charge in [0, 0.05) is 25.5 Å². The lowest BCUT2D eigenvalue weighted by Crippen LogP contribution is -2.44. The molecule has 1 aliphatic rings. The molecular weight excluding hydrogens is 262 g/mol. The molecule has 1 saturated carbocycles. The fourth-order valence-electron chi connectivity index (χ4n) is 2.63. The lowest BCUT2D eigenvalue weighted by molar-refractivity contribution is -0.130. The highest BCUT2D eigenvalue weighted by Crippen LogP contribution is 2.37. The molecule has 0 atom stereocenters. The summed E-state index contributed by atoms with van der Waals surface area (Å²) in [7, 11) is 0. The number of carbonyl (C=O) groups is 1. The van der Waals surface area contributed by atoms with E-state index in [4.69, 9.17) is 5.73 Å². The van der Waals surface area contributed by atoms with E-state index in [1.54, 1.807) is 12.4 Å². The summed E-state index contributed by atoms with van der Waals surface area (Å²) in [5.41, 5.74) is 6.68. The van der Waals surface area contributed by atoms with Crippen LogP contribution >= 0.6 is 12.4 Å². The SMILES string of the molecule is Cl.NCC1(C(=O)NCCc2ccncc2)CCCC1. The molecule has 4 nitrogen and oxygen atoms in total. The van der Waals surface area contributed by atoms with E-state index in [1.807, 2.05) is 12.1 Å². The monoisotopic (exact) mass is 283 g/mol. The van der Waals surface area contributed by atoms with Gasteiger partial charge in [-0.05, 0) is 37.0 Å². The van der Waals surface area contributed by atoms with E-state index < -0.39 is 0 Å². The molecule has 0 bridgehead atoms. The largest absolute Gasteiger partial charge is 0.355 e. The summed E-state index contributed by atoms with van der Waals surface area (Å²) in [5.74, 6) is 0.136. The number of nitrogens with two attached hydrogens (primary N) is 1. The van der Waals surface area contributed by atoms with Crippen LogP contribution in [-0.2, 0) is 11.2 Å². The van der Waals surface area contributed by atoms with Crippen molar-refractivity contribution >= 4 is 18.3 Å². The van der Waals surface area contributed by atoms with Crippen molar-refractivity contribution in [2.45, 2.75) is 32.1 Å². The lowest BCUT2D eigenvalue weighted by Gasteiger charge is -2.25. The van der Waals surface area contributed by atoms with Crippen LogP contribution in [0.15, 0.2) is 24.5 Å². The Bertz CT molecular complexity index is 391. The highest BCUT2D eigenvalue weighted by Gasteiger charge is 2.39. The number of aromatic nitrogens is 1. The topological polar surface area (TPSA) is 68.0 Å². The molecule has 0 aliphatic heterocycles. The van der Waals surface area contributed by atoms with Gasteiger partial charge in [-0.1, -0.05) is 12.8 Å². The van der Waals surface area contributed by atoms with Crippen LogP contribution in [0.25, 0.3) is 0 Å². The molecule has 5 heteroatoms. The van der Waals surface area contributed by atoms with Crippen molar-refractivity contribution in [2.75, 3.05) is 13.1 Å². The minimum atomic E-state index is -0.293. The molecule has 1 aliphatic carbocycles. The minimum absolute atomic E-state index is 0. The van der Waals surface area contributed by atoms with E-state index in [1.165, 1.54) is 5.56 Å². The second kappa shape index (κ2) is 7.46. The van der Waals surface area contributed by atoms with E-state index in [9.17, 15) is 4.79 Å². The maximum Gasteiger partial charge on any atom is 0.227 e. The number of rotatable bonds is 5. The average molecular weight is 284 g/mol. The number of halogens is 1. The summed E-state index contributed by atoms with van der Waals surface area (Å²) in [6.45, 7) is 1.14. The molecule has 1 aromatic heterocycles. The predicted molar refractivity (Wildman–Crippen MR) is 78.2 cm³/mol. The Kier molecular flexibility index (Phi) is 6.25. The third-order valence-electron chi connectivity index (χ3n) is 3.88. The van der Waals surface area contributed by atoms with Crippen molar-refractivity contribution in [3.8, 4) is 0 Å². The molecule has 1 aromatic rings. The summed E-state index contributed by atoms with van der Waals surface area (Å²) < 4.78 is 0. The molecule has 0 spiro atoms. The van der Waals surface area contributed by atoms with Crippen molar-refractivity contribution in [3.63, 3.8) is 0 Å². The van der Waals surface area contributed by atoms with Crippen LogP contribution in [-0.4, -0.2) is 24.0 Å². The van der Waals surface area contributed by atoms with Gasteiger partial charge >= 0.3 is 0 Å². The van der Waals surface area contributed by atoms with Crippen LogP contribution in [0.2, 0.25) is 0 Å². The van der Waals surface area contributed by atoms with Gasteiger partial charge in [-0.15, -0.1) is 12.4 Å². The Morgan fingerprint density at radius 2 is 1.95 bits per heavy atom. The van der Waals surface area contributed by atoms with Gasteiger partial charge in [0.25, 0.3) is 0 Å². The highest BCUT2D eigenvalue weighted by molar-refractivity contribution is 5.85. The van der Waals surface area contributed by atoms with Gasteiger partial charge in [-0.2, -0.15) is 0 Å². The number of amides is 1. The smallest absolute Gasteiger partial charge is 0.227 e. The van der Waals surface area contributed by atoms with E-state index in [2.05, 4.69) is 10.3 Å². The van der Waals surface area contributed by atoms with Crippen LogP contribution in [0.4, 0.5) is 0 Å². The summed E-state index contributed by atoms with van der Waals surface area (Å²) in [4.78, 5) is 16.2. The van der Waals surface area contributed by atoms with Gasteiger partial charge in [-0.25, -0.2) is 0 Å². The van der Waals surface area contributed by atoms with Gasteiger partial charge < -0.3 is 11.1 Å². The summed E-state index contributed by atoms with van der Waals surface area (Å²) in [6.07, 6.45) is 8.50. The van der Waals surface area contributed by atoms with E-state index in [-0.39, 0.29) is 23.7 Å². The molecule has 3 N–H and O–H groups in total. The lowest BCUT2D eigenvalue weighted by atomic mass is 9.85. The van der Waals surface area contributed by atoms with Gasteiger partial charge in [0.05, 0.1) is 5.41 Å². The van der Waals surface area contributed by atoms with Crippen LogP contribution in [0.1, 0.15) is 31.2 Å². The van der Waals surface area contributed by atoms with Gasteiger partial charge in [0.2, 0.25) is 5.91 Å². The molecule has 2 rings (SSSR count). The number of nitrogens with zero attached hydrogens (tertiary/aromatic N) is 1. The predicted octanol–water partition coefficient (Wildman–Crippen LogP) is 1.68. The minimum Gasteiger partial charge on any atom is -0.355 e. The Morgan fingerprint density at radius 1 is 1.32 bits per heavy atom. The summed E-state index contributed by atoms with van der Waals surface area (Å²) >= 11 is 0. The first-order valence-corrected chi connectivity index (χ1v) is 6.64. The van der Waals surface area contributed by atoms with E-state index in [0.717, 1.165) is 32.1 Å². The number of hydrogen-bond donors (Lipinski definition) is 2. The van der Waals surface area contributed by atoms with Crippen molar-refractivity contribution < 1.29 is 4.79 Å². The van der Waals surface area contributed by atoms with E-state index >= 15 is 0 Å². The first-order valence-electron chi connectivity index (χ1n) is 6.64. The number of hydrogen-bond acceptors (Lipinski definition) is 3. The number of nitrogens with one attached hydrogen (secondary N) is 1. The fourth-order valence-corrected chi connectivity index (χ4v) is 2.63. The van der Waals surface area contributed by atoms with Crippen LogP contribution in [0.3, 0.4) is 0 Å². The highest BCUT2D eigenvalue weighted by atomic mass is 35.5. The first kappa shape index (κ1) is 15.9. The molecule has 1 fully saturated rings. The molecule has 0 radical (unpaired) electrons. The molecular formula is C14H22ClN3O. The first-order chi connectivity index (χ1) is 8.77. The Balaban J connectivity index is 0.00000180. The van der Waals surface area contributed by atoms with Crippen molar-refractivity contribution in [3.05, 3.63) is 30.1 Å². The van der Waals surface area contributed by atoms with Crippen LogP contribution < -0.4 is 11.1 Å². The van der Waals surface area contributed by atoms with Gasteiger partial charge in [0.15, 0.2) is 0 Å². The second-order valence-electron chi connectivity index (χ2n) is 5.05. The standard InChI is InChI=1S/C14H21N3O.ClH/c15-11-14(6-1-2-7-14)13(18)17-10-5-12-3-8-16-9-4-12;/h3-4,8-9H,1-2,5-7,10-11,15H2,(H,17,18);1H. The Labute approximate surface area is 120 Å². The second-order valence-corrected chi connectivity index (χ2v) is 5.05. The third kappa shape index (κ3) is 3.91. The average Bonchev–Trinajstić information content (AvgIpc) is 2.90. The third-order valence-corrected chi connectivity index (χ3v) is 3.88. The molecule has 0 aromatic carbocycles. The fraction of sp³-hybridized carbons (Fsp3) is 0.571. The zero-order chi connectivity index (χ0) is 12.8. The molecule has 1 amide bonds. The molecule has 106 valence electrons. The van der Waals surface area contributed by atoms with E-state index in [0.29, 0.717) is 13.1 Å². The Hall–Kier alpha value is -1.13. The Morgan fingerprint density at radius 3 is 2.53 bits per heavy atom. The number of carbonyl (C=O) groups excluding carboxylic acids is 1.